The van der Waals surface area contributed by atoms with E-state index in [9.17, 15) is 9.18 Å². The SMILES string of the molecule is O=C1OC(c2ccccc2F)=N/C1=C\c1cc(Br)c(OCc2ccc(Cl)c(Cl)c2)c(Br)c1. The first kappa shape index (κ1) is 23.0. The predicted molar refractivity (Wildman–Crippen MR) is 130 cm³/mol. The molecular formula is C23H12Br2Cl2FNO3. The summed E-state index contributed by atoms with van der Waals surface area (Å²) in [6, 6.07) is 14.8. The van der Waals surface area contributed by atoms with Gasteiger partial charge in [0.05, 0.1) is 24.6 Å². The van der Waals surface area contributed by atoms with Gasteiger partial charge < -0.3 is 9.47 Å². The van der Waals surface area contributed by atoms with E-state index in [1.54, 1.807) is 42.5 Å². The van der Waals surface area contributed by atoms with Crippen molar-refractivity contribution < 1.29 is 18.7 Å². The molecular weight excluding hydrogens is 588 g/mol. The molecule has 0 saturated carbocycles. The maximum atomic E-state index is 14.0. The van der Waals surface area contributed by atoms with Crippen LogP contribution in [0.4, 0.5) is 4.39 Å². The molecule has 3 aromatic carbocycles. The van der Waals surface area contributed by atoms with Gasteiger partial charge in [0.25, 0.3) is 0 Å². The van der Waals surface area contributed by atoms with Crippen LogP contribution in [-0.2, 0) is 16.1 Å². The van der Waals surface area contributed by atoms with E-state index in [0.29, 0.717) is 30.3 Å². The maximum Gasteiger partial charge on any atom is 0.363 e. The number of rotatable bonds is 5. The van der Waals surface area contributed by atoms with Crippen molar-refractivity contribution in [2.45, 2.75) is 6.61 Å². The first-order valence-corrected chi connectivity index (χ1v) is 11.5. The Kier molecular flexibility index (Phi) is 7.00. The van der Waals surface area contributed by atoms with Crippen LogP contribution in [0.1, 0.15) is 16.7 Å². The van der Waals surface area contributed by atoms with Crippen LogP contribution < -0.4 is 4.74 Å². The van der Waals surface area contributed by atoms with E-state index in [4.69, 9.17) is 32.7 Å². The maximum absolute atomic E-state index is 14.0. The molecule has 0 N–H and O–H groups in total. The van der Waals surface area contributed by atoms with Gasteiger partial charge >= 0.3 is 5.97 Å². The van der Waals surface area contributed by atoms with Crippen LogP contribution in [0.15, 0.2) is 74.2 Å². The fourth-order valence-electron chi connectivity index (χ4n) is 2.90. The third kappa shape index (κ3) is 5.07. The molecule has 0 saturated heterocycles. The second-order valence-electron chi connectivity index (χ2n) is 6.67. The van der Waals surface area contributed by atoms with E-state index in [1.807, 2.05) is 6.07 Å². The van der Waals surface area contributed by atoms with Gasteiger partial charge in [-0.1, -0.05) is 41.4 Å². The van der Waals surface area contributed by atoms with Crippen molar-refractivity contribution in [1.82, 2.24) is 0 Å². The molecule has 9 heteroatoms. The third-order valence-electron chi connectivity index (χ3n) is 4.42. The second kappa shape index (κ2) is 9.75. The van der Waals surface area contributed by atoms with Gasteiger partial charge in [-0.3, -0.25) is 0 Å². The number of ether oxygens (including phenoxy) is 2. The molecule has 0 spiro atoms. The number of cyclic esters (lactones) is 1. The highest BCUT2D eigenvalue weighted by Crippen LogP contribution is 2.36. The van der Waals surface area contributed by atoms with E-state index in [-0.39, 0.29) is 23.8 Å². The Morgan fingerprint density at radius 2 is 1.75 bits per heavy atom. The number of nitrogens with zero attached hydrogens (tertiary/aromatic N) is 1. The molecule has 1 aliphatic rings. The largest absolute Gasteiger partial charge is 0.487 e. The van der Waals surface area contributed by atoms with Crippen molar-refractivity contribution in [3.05, 3.63) is 102 Å². The van der Waals surface area contributed by atoms with Crippen LogP contribution in [0.2, 0.25) is 10.0 Å². The van der Waals surface area contributed by atoms with Gasteiger partial charge in [-0.2, -0.15) is 0 Å². The van der Waals surface area contributed by atoms with Gasteiger partial charge in [0.1, 0.15) is 18.2 Å². The molecule has 162 valence electrons. The zero-order chi connectivity index (χ0) is 22.8. The highest BCUT2D eigenvalue weighted by Gasteiger charge is 2.26. The Balaban J connectivity index is 1.56. The molecule has 1 heterocycles. The smallest absolute Gasteiger partial charge is 0.363 e. The lowest BCUT2D eigenvalue weighted by molar-refractivity contribution is -0.129. The Morgan fingerprint density at radius 3 is 2.44 bits per heavy atom. The predicted octanol–water partition coefficient (Wildman–Crippen LogP) is 7.58. The van der Waals surface area contributed by atoms with E-state index < -0.39 is 11.8 Å². The van der Waals surface area contributed by atoms with Crippen LogP contribution in [-0.4, -0.2) is 11.9 Å². The van der Waals surface area contributed by atoms with Gasteiger partial charge in [-0.15, -0.1) is 0 Å². The third-order valence-corrected chi connectivity index (χ3v) is 6.33. The van der Waals surface area contributed by atoms with Gasteiger partial charge in [0, 0.05) is 0 Å². The summed E-state index contributed by atoms with van der Waals surface area (Å²) in [4.78, 5) is 16.4. The Bertz CT molecular complexity index is 1270. The average Bonchev–Trinajstić information content (AvgIpc) is 3.10. The highest BCUT2D eigenvalue weighted by atomic mass is 79.9. The minimum Gasteiger partial charge on any atom is -0.487 e. The lowest BCUT2D eigenvalue weighted by atomic mass is 10.2. The first-order chi connectivity index (χ1) is 15.3. The summed E-state index contributed by atoms with van der Waals surface area (Å²) in [5, 5.41) is 0.924. The molecule has 0 unspecified atom stereocenters. The molecule has 0 aliphatic carbocycles. The molecule has 1 aliphatic heterocycles. The lowest BCUT2D eigenvalue weighted by Gasteiger charge is -2.12. The minimum atomic E-state index is -0.657. The topological polar surface area (TPSA) is 47.9 Å². The van der Waals surface area contributed by atoms with Crippen molar-refractivity contribution in [3.8, 4) is 5.75 Å². The number of carbonyl (C=O) groups excluding carboxylic acids is 1. The van der Waals surface area contributed by atoms with Crippen LogP contribution in [0, 0.1) is 5.82 Å². The molecule has 4 rings (SSSR count). The number of aliphatic imine (C=N–C) groups is 1. The highest BCUT2D eigenvalue weighted by molar-refractivity contribution is 9.11. The summed E-state index contributed by atoms with van der Waals surface area (Å²) in [6.45, 7) is 0.275. The van der Waals surface area contributed by atoms with Gasteiger partial charge in [0.2, 0.25) is 5.90 Å². The van der Waals surface area contributed by atoms with E-state index in [2.05, 4.69) is 36.9 Å². The van der Waals surface area contributed by atoms with Crippen molar-refractivity contribution >= 4 is 73.0 Å². The minimum absolute atomic E-state index is 0.0616. The van der Waals surface area contributed by atoms with Crippen LogP contribution in [0.25, 0.3) is 6.08 Å². The number of esters is 1. The lowest BCUT2D eigenvalue weighted by Crippen LogP contribution is -2.07. The fraction of sp³-hybridized carbons (Fsp3) is 0.0435. The summed E-state index contributed by atoms with van der Waals surface area (Å²) >= 11 is 19.0. The molecule has 0 amide bonds. The zero-order valence-electron chi connectivity index (χ0n) is 16.0. The normalized spacial score (nSPS) is 14.5. The molecule has 0 atom stereocenters. The standard InChI is InChI=1S/C23H12Br2Cl2FNO3/c24-15-7-13(8-16(25)21(15)31-11-12-5-6-17(26)18(27)9-12)10-20-23(30)32-22(29-20)14-3-1-2-4-19(14)28/h1-10H,11H2/b20-10-. The van der Waals surface area contributed by atoms with Crippen molar-refractivity contribution in [2.24, 2.45) is 4.99 Å². The fourth-order valence-corrected chi connectivity index (χ4v) is 4.67. The summed E-state index contributed by atoms with van der Waals surface area (Å²) in [7, 11) is 0. The quantitative estimate of drug-likeness (QED) is 0.224. The summed E-state index contributed by atoms with van der Waals surface area (Å²) in [6.07, 6.45) is 1.55. The van der Waals surface area contributed by atoms with Gasteiger partial charge in [0.15, 0.2) is 5.70 Å². The number of halogens is 5. The molecule has 32 heavy (non-hydrogen) atoms. The molecule has 0 aromatic heterocycles. The second-order valence-corrected chi connectivity index (χ2v) is 9.19. The molecule has 4 nitrogen and oxygen atoms in total. The van der Waals surface area contributed by atoms with Crippen molar-refractivity contribution in [1.29, 1.82) is 0 Å². The van der Waals surface area contributed by atoms with E-state index in [0.717, 1.165) is 5.56 Å². The number of hydrogen-bond donors (Lipinski definition) is 0. The zero-order valence-corrected chi connectivity index (χ0v) is 20.7. The Morgan fingerprint density at radius 1 is 1.03 bits per heavy atom. The van der Waals surface area contributed by atoms with Crippen LogP contribution >= 0.6 is 55.1 Å². The van der Waals surface area contributed by atoms with Crippen molar-refractivity contribution in [3.63, 3.8) is 0 Å². The first-order valence-electron chi connectivity index (χ1n) is 9.15. The van der Waals surface area contributed by atoms with Crippen molar-refractivity contribution in [2.75, 3.05) is 0 Å². The summed E-state index contributed by atoms with van der Waals surface area (Å²) < 4.78 is 26.3. The molecule has 0 fully saturated rings. The van der Waals surface area contributed by atoms with E-state index >= 15 is 0 Å². The Hall–Kier alpha value is -2.19. The summed E-state index contributed by atoms with van der Waals surface area (Å²) in [5.41, 5.74) is 1.70. The van der Waals surface area contributed by atoms with Gasteiger partial charge in [-0.25, -0.2) is 14.2 Å². The molecule has 0 radical (unpaired) electrons. The molecule has 3 aromatic rings. The summed E-state index contributed by atoms with van der Waals surface area (Å²) in [5.74, 6) is -0.675. The number of hydrogen-bond acceptors (Lipinski definition) is 4. The van der Waals surface area contributed by atoms with Crippen LogP contribution in [0.5, 0.6) is 5.75 Å². The monoisotopic (exact) mass is 597 g/mol. The van der Waals surface area contributed by atoms with E-state index in [1.165, 1.54) is 12.1 Å². The Labute approximate surface area is 209 Å². The average molecular weight is 600 g/mol. The number of benzene rings is 3. The van der Waals surface area contributed by atoms with Gasteiger partial charge in [-0.05, 0) is 85.5 Å². The molecule has 0 bridgehead atoms. The van der Waals surface area contributed by atoms with Crippen LogP contribution in [0.3, 0.4) is 0 Å². The number of carbonyl (C=O) groups is 1.